The smallest absolute Gasteiger partial charge is 0.368 e. The number of rotatable bonds is 3. The largest absolute Gasteiger partial charge is 0.408 e. The zero-order valence-electron chi connectivity index (χ0n) is 8.89. The zero-order chi connectivity index (χ0) is 14.1. The third-order valence-corrected chi connectivity index (χ3v) is 2.53. The number of nitrogens with zero attached hydrogens (tertiary/aromatic N) is 1. The lowest BCUT2D eigenvalue weighted by atomic mass is 10.2. The first-order valence-electron chi connectivity index (χ1n) is 4.59. The monoisotopic (exact) mass is 330 g/mol. The second kappa shape index (κ2) is 5.09. The highest BCUT2D eigenvalue weighted by atomic mass is 79.9. The Balaban J connectivity index is 3.19. The fourth-order valence-electron chi connectivity index (χ4n) is 1.18. The van der Waals surface area contributed by atoms with E-state index in [1.54, 1.807) is 0 Å². The molecule has 0 aromatic heterocycles. The quantitative estimate of drug-likeness (QED) is 0.520. The SMILES string of the molecule is CC(Nc1cc(Br)cc(F)c1[N+](=O)[O-])C(F)(F)F. The lowest BCUT2D eigenvalue weighted by molar-refractivity contribution is -0.386. The van der Waals surface area contributed by atoms with Crippen LogP contribution in [-0.2, 0) is 0 Å². The van der Waals surface area contributed by atoms with Crippen LogP contribution in [0.25, 0.3) is 0 Å². The summed E-state index contributed by atoms with van der Waals surface area (Å²) in [5.41, 5.74) is -1.55. The van der Waals surface area contributed by atoms with E-state index in [1.165, 1.54) is 0 Å². The predicted octanol–water partition coefficient (Wildman–Crippen LogP) is 3.86. The van der Waals surface area contributed by atoms with Crippen molar-refractivity contribution in [3.63, 3.8) is 0 Å². The van der Waals surface area contributed by atoms with Crippen LogP contribution >= 0.6 is 15.9 Å². The van der Waals surface area contributed by atoms with E-state index in [0.29, 0.717) is 0 Å². The van der Waals surface area contributed by atoms with E-state index in [1.807, 2.05) is 5.32 Å². The van der Waals surface area contributed by atoms with Crippen molar-refractivity contribution in [3.05, 3.63) is 32.5 Å². The second-order valence-electron chi connectivity index (χ2n) is 3.45. The molecule has 0 saturated carbocycles. The van der Waals surface area contributed by atoms with Gasteiger partial charge in [-0.05, 0) is 19.1 Å². The summed E-state index contributed by atoms with van der Waals surface area (Å²) < 4.78 is 50.4. The number of nitrogens with one attached hydrogen (secondary N) is 1. The van der Waals surface area contributed by atoms with Crippen LogP contribution in [0.5, 0.6) is 0 Å². The van der Waals surface area contributed by atoms with Gasteiger partial charge in [-0.3, -0.25) is 10.1 Å². The molecule has 9 heteroatoms. The van der Waals surface area contributed by atoms with Crippen molar-refractivity contribution in [2.45, 2.75) is 19.1 Å². The van der Waals surface area contributed by atoms with E-state index in [2.05, 4.69) is 15.9 Å². The number of halogens is 5. The van der Waals surface area contributed by atoms with Crippen LogP contribution in [0.15, 0.2) is 16.6 Å². The van der Waals surface area contributed by atoms with Crippen LogP contribution in [0.2, 0.25) is 0 Å². The van der Waals surface area contributed by atoms with E-state index < -0.39 is 34.3 Å². The maximum Gasteiger partial charge on any atom is 0.408 e. The summed E-state index contributed by atoms with van der Waals surface area (Å²) in [5.74, 6) is -1.22. The zero-order valence-corrected chi connectivity index (χ0v) is 10.5. The third-order valence-electron chi connectivity index (χ3n) is 2.07. The summed E-state index contributed by atoms with van der Waals surface area (Å²) in [7, 11) is 0. The van der Waals surface area contributed by atoms with Gasteiger partial charge in [0.25, 0.3) is 0 Å². The van der Waals surface area contributed by atoms with Crippen molar-refractivity contribution in [1.82, 2.24) is 0 Å². The van der Waals surface area contributed by atoms with Crippen molar-refractivity contribution in [3.8, 4) is 0 Å². The topological polar surface area (TPSA) is 55.2 Å². The molecule has 1 N–H and O–H groups in total. The van der Waals surface area contributed by atoms with Crippen LogP contribution in [0, 0.1) is 15.9 Å². The molecule has 100 valence electrons. The molecular weight excluding hydrogens is 324 g/mol. The van der Waals surface area contributed by atoms with E-state index in [9.17, 15) is 27.7 Å². The molecule has 1 unspecified atom stereocenters. The molecule has 1 aromatic rings. The molecule has 0 fully saturated rings. The van der Waals surface area contributed by atoms with Gasteiger partial charge >= 0.3 is 11.9 Å². The van der Waals surface area contributed by atoms with Crippen molar-refractivity contribution in [2.24, 2.45) is 0 Å². The van der Waals surface area contributed by atoms with Crippen LogP contribution < -0.4 is 5.32 Å². The van der Waals surface area contributed by atoms with E-state index in [-0.39, 0.29) is 4.47 Å². The van der Waals surface area contributed by atoms with Crippen molar-refractivity contribution < 1.29 is 22.5 Å². The van der Waals surface area contributed by atoms with Gasteiger partial charge in [0.2, 0.25) is 5.82 Å². The maximum atomic E-state index is 13.3. The molecular formula is C9H7BrF4N2O2. The molecule has 0 amide bonds. The number of hydrogen-bond donors (Lipinski definition) is 1. The Hall–Kier alpha value is -1.38. The summed E-state index contributed by atoms with van der Waals surface area (Å²) >= 11 is 2.85. The first-order valence-corrected chi connectivity index (χ1v) is 5.39. The highest BCUT2D eigenvalue weighted by Crippen LogP contribution is 2.33. The highest BCUT2D eigenvalue weighted by Gasteiger charge is 2.37. The van der Waals surface area contributed by atoms with E-state index in [0.717, 1.165) is 19.1 Å². The minimum Gasteiger partial charge on any atom is -0.368 e. The summed E-state index contributed by atoms with van der Waals surface area (Å²) in [6.45, 7) is 0.780. The molecule has 0 radical (unpaired) electrons. The first kappa shape index (κ1) is 14.7. The molecule has 0 spiro atoms. The van der Waals surface area contributed by atoms with Gasteiger partial charge in [-0.1, -0.05) is 15.9 Å². The van der Waals surface area contributed by atoms with E-state index >= 15 is 0 Å². The van der Waals surface area contributed by atoms with Crippen LogP contribution in [-0.4, -0.2) is 17.1 Å². The molecule has 0 bridgehead atoms. The molecule has 0 aliphatic rings. The van der Waals surface area contributed by atoms with Crippen LogP contribution in [0.3, 0.4) is 0 Å². The van der Waals surface area contributed by atoms with Crippen molar-refractivity contribution in [2.75, 3.05) is 5.32 Å². The van der Waals surface area contributed by atoms with Gasteiger partial charge in [-0.15, -0.1) is 0 Å². The maximum absolute atomic E-state index is 13.3. The fourth-order valence-corrected chi connectivity index (χ4v) is 1.61. The number of benzene rings is 1. The number of nitro groups is 1. The molecule has 1 aromatic carbocycles. The van der Waals surface area contributed by atoms with Crippen LogP contribution in [0.1, 0.15) is 6.92 Å². The molecule has 0 aliphatic heterocycles. The van der Waals surface area contributed by atoms with Gasteiger partial charge in [-0.25, -0.2) is 0 Å². The standard InChI is InChI=1S/C9H7BrF4N2O2/c1-4(9(12,13)14)15-7-3-5(10)2-6(11)8(7)16(17)18/h2-4,15H,1H3. The predicted molar refractivity (Wildman–Crippen MR) is 59.9 cm³/mol. The van der Waals surface area contributed by atoms with Crippen molar-refractivity contribution in [1.29, 1.82) is 0 Å². The summed E-state index contributed by atoms with van der Waals surface area (Å²) in [5, 5.41) is 12.5. The van der Waals surface area contributed by atoms with Gasteiger partial charge in [0.05, 0.1) is 4.92 Å². The molecule has 0 heterocycles. The molecule has 0 saturated heterocycles. The average molecular weight is 331 g/mol. The van der Waals surface area contributed by atoms with Gasteiger partial charge in [0.1, 0.15) is 11.7 Å². The number of alkyl halides is 3. The Bertz CT molecular complexity index is 478. The van der Waals surface area contributed by atoms with Gasteiger partial charge < -0.3 is 5.32 Å². The Morgan fingerprint density at radius 2 is 2.00 bits per heavy atom. The fraction of sp³-hybridized carbons (Fsp3) is 0.333. The highest BCUT2D eigenvalue weighted by molar-refractivity contribution is 9.10. The van der Waals surface area contributed by atoms with E-state index in [4.69, 9.17) is 0 Å². The normalized spacial score (nSPS) is 13.2. The molecule has 1 rings (SSSR count). The third kappa shape index (κ3) is 3.31. The van der Waals surface area contributed by atoms with Gasteiger partial charge in [0, 0.05) is 4.47 Å². The van der Waals surface area contributed by atoms with Crippen LogP contribution in [0.4, 0.5) is 28.9 Å². The van der Waals surface area contributed by atoms with Gasteiger partial charge in [-0.2, -0.15) is 17.6 Å². The summed E-state index contributed by atoms with van der Waals surface area (Å²) in [6, 6.07) is -0.213. The number of nitro benzene ring substituents is 1. The lowest BCUT2D eigenvalue weighted by Crippen LogP contribution is -2.33. The molecule has 0 aliphatic carbocycles. The first-order chi connectivity index (χ1) is 8.12. The molecule has 18 heavy (non-hydrogen) atoms. The Morgan fingerprint density at radius 3 is 2.44 bits per heavy atom. The van der Waals surface area contributed by atoms with Gasteiger partial charge in [0.15, 0.2) is 0 Å². The molecule has 4 nitrogen and oxygen atoms in total. The Labute approximate surface area is 107 Å². The lowest BCUT2D eigenvalue weighted by Gasteiger charge is -2.18. The minimum absolute atomic E-state index is 0.0995. The Kier molecular flexibility index (Phi) is 4.15. The van der Waals surface area contributed by atoms with Crippen molar-refractivity contribution >= 4 is 27.3 Å². The second-order valence-corrected chi connectivity index (χ2v) is 4.36. The summed E-state index contributed by atoms with van der Waals surface area (Å²) in [4.78, 5) is 9.54. The summed E-state index contributed by atoms with van der Waals surface area (Å²) in [6.07, 6.45) is -4.59. The minimum atomic E-state index is -4.59. The number of hydrogen-bond acceptors (Lipinski definition) is 3. The average Bonchev–Trinajstić information content (AvgIpc) is 2.13. The Morgan fingerprint density at radius 1 is 1.44 bits per heavy atom. The molecule has 1 atom stereocenters. The number of anilines is 1.